The number of aromatic nitrogens is 1. The topological polar surface area (TPSA) is 48.7 Å². The van der Waals surface area contributed by atoms with Crippen molar-refractivity contribution in [3.05, 3.63) is 22.8 Å². The molecular formula is C12H16ClN3. The van der Waals surface area contributed by atoms with Crippen molar-refractivity contribution >= 4 is 17.4 Å². The first-order valence-electron chi connectivity index (χ1n) is 5.53. The molecule has 0 aliphatic heterocycles. The Morgan fingerprint density at radius 3 is 3.00 bits per heavy atom. The molecule has 0 aliphatic carbocycles. The molecule has 3 nitrogen and oxygen atoms in total. The van der Waals surface area contributed by atoms with Gasteiger partial charge in [-0.2, -0.15) is 5.26 Å². The SMILES string of the molecule is CCCCc1cc(Cl)nc(NCCC#N)c1. The molecule has 1 aromatic heterocycles. The molecule has 0 saturated heterocycles. The maximum absolute atomic E-state index is 8.43. The summed E-state index contributed by atoms with van der Waals surface area (Å²) in [5.41, 5.74) is 1.20. The van der Waals surface area contributed by atoms with Crippen LogP contribution >= 0.6 is 11.6 Å². The number of halogens is 1. The van der Waals surface area contributed by atoms with Crippen LogP contribution < -0.4 is 5.32 Å². The van der Waals surface area contributed by atoms with Gasteiger partial charge in [0.25, 0.3) is 0 Å². The Bertz CT molecular complexity index is 371. The normalized spacial score (nSPS) is 9.81. The largest absolute Gasteiger partial charge is 0.369 e. The van der Waals surface area contributed by atoms with Crippen LogP contribution in [0, 0.1) is 11.3 Å². The van der Waals surface area contributed by atoms with Crippen LogP contribution in [0.5, 0.6) is 0 Å². The molecule has 0 spiro atoms. The third-order valence-electron chi connectivity index (χ3n) is 2.22. The molecule has 4 heteroatoms. The minimum atomic E-state index is 0.471. The highest BCUT2D eigenvalue weighted by Gasteiger charge is 2.00. The van der Waals surface area contributed by atoms with Gasteiger partial charge in [0, 0.05) is 6.54 Å². The van der Waals surface area contributed by atoms with Crippen LogP contribution in [0.1, 0.15) is 31.7 Å². The molecule has 1 heterocycles. The van der Waals surface area contributed by atoms with Crippen molar-refractivity contribution in [2.45, 2.75) is 32.6 Å². The van der Waals surface area contributed by atoms with E-state index in [4.69, 9.17) is 16.9 Å². The van der Waals surface area contributed by atoms with E-state index in [-0.39, 0.29) is 0 Å². The highest BCUT2D eigenvalue weighted by Crippen LogP contribution is 2.16. The molecule has 0 atom stereocenters. The Hall–Kier alpha value is -1.27. The Kier molecular flexibility index (Phi) is 5.66. The second kappa shape index (κ2) is 7.08. The minimum Gasteiger partial charge on any atom is -0.369 e. The molecule has 0 radical (unpaired) electrons. The summed E-state index contributed by atoms with van der Waals surface area (Å²) in [7, 11) is 0. The van der Waals surface area contributed by atoms with Gasteiger partial charge >= 0.3 is 0 Å². The number of pyridine rings is 1. The molecule has 1 aromatic rings. The molecule has 0 aromatic carbocycles. The lowest BCUT2D eigenvalue weighted by Crippen LogP contribution is -2.03. The first kappa shape index (κ1) is 12.8. The van der Waals surface area contributed by atoms with Crippen molar-refractivity contribution in [3.8, 4) is 6.07 Å². The van der Waals surface area contributed by atoms with E-state index >= 15 is 0 Å². The predicted octanol–water partition coefficient (Wildman–Crippen LogP) is 3.40. The van der Waals surface area contributed by atoms with E-state index in [0.717, 1.165) is 25.1 Å². The second-order valence-corrected chi connectivity index (χ2v) is 4.01. The number of unbranched alkanes of at least 4 members (excludes halogenated alkanes) is 1. The van der Waals surface area contributed by atoms with Crippen LogP contribution in [-0.4, -0.2) is 11.5 Å². The molecule has 0 aliphatic rings. The highest BCUT2D eigenvalue weighted by molar-refractivity contribution is 6.29. The summed E-state index contributed by atoms with van der Waals surface area (Å²) in [5, 5.41) is 12.0. The predicted molar refractivity (Wildman–Crippen MR) is 66.6 cm³/mol. The van der Waals surface area contributed by atoms with Crippen LogP contribution in [-0.2, 0) is 6.42 Å². The molecule has 0 saturated carbocycles. The van der Waals surface area contributed by atoms with Crippen LogP contribution in [0.25, 0.3) is 0 Å². The van der Waals surface area contributed by atoms with E-state index in [2.05, 4.69) is 23.3 Å². The smallest absolute Gasteiger partial charge is 0.131 e. The van der Waals surface area contributed by atoms with Gasteiger partial charge in [-0.3, -0.25) is 0 Å². The van der Waals surface area contributed by atoms with Gasteiger partial charge in [0.05, 0.1) is 12.5 Å². The van der Waals surface area contributed by atoms with Crippen LogP contribution in [0.15, 0.2) is 12.1 Å². The monoisotopic (exact) mass is 237 g/mol. The van der Waals surface area contributed by atoms with Crippen LogP contribution in [0.2, 0.25) is 5.15 Å². The lowest BCUT2D eigenvalue weighted by Gasteiger charge is -2.06. The maximum atomic E-state index is 8.43. The molecular weight excluding hydrogens is 222 g/mol. The van der Waals surface area contributed by atoms with Gasteiger partial charge in [0.1, 0.15) is 11.0 Å². The zero-order valence-electron chi connectivity index (χ0n) is 9.46. The number of rotatable bonds is 6. The van der Waals surface area contributed by atoms with Gasteiger partial charge in [-0.1, -0.05) is 24.9 Å². The molecule has 0 unspecified atom stereocenters. The average molecular weight is 238 g/mol. The van der Waals surface area contributed by atoms with Gasteiger partial charge in [-0.25, -0.2) is 4.98 Å². The van der Waals surface area contributed by atoms with Crippen molar-refractivity contribution in [3.63, 3.8) is 0 Å². The zero-order valence-corrected chi connectivity index (χ0v) is 10.2. The fourth-order valence-corrected chi connectivity index (χ4v) is 1.64. The van der Waals surface area contributed by atoms with Crippen molar-refractivity contribution in [1.29, 1.82) is 5.26 Å². The molecule has 0 amide bonds. The number of nitrogens with zero attached hydrogens (tertiary/aromatic N) is 2. The van der Waals surface area contributed by atoms with E-state index in [0.29, 0.717) is 18.1 Å². The molecule has 0 bridgehead atoms. The summed E-state index contributed by atoms with van der Waals surface area (Å²) in [5.74, 6) is 0.758. The summed E-state index contributed by atoms with van der Waals surface area (Å²) in [6, 6.07) is 5.97. The average Bonchev–Trinajstić information content (AvgIpc) is 2.26. The Labute approximate surface area is 101 Å². The highest BCUT2D eigenvalue weighted by atomic mass is 35.5. The molecule has 1 rings (SSSR count). The van der Waals surface area contributed by atoms with Gasteiger partial charge in [0.2, 0.25) is 0 Å². The fourth-order valence-electron chi connectivity index (χ4n) is 1.41. The molecule has 0 fully saturated rings. The third-order valence-corrected chi connectivity index (χ3v) is 2.41. The van der Waals surface area contributed by atoms with E-state index in [1.54, 1.807) is 0 Å². The first-order valence-corrected chi connectivity index (χ1v) is 5.91. The van der Waals surface area contributed by atoms with Crippen molar-refractivity contribution in [1.82, 2.24) is 4.98 Å². The zero-order chi connectivity index (χ0) is 11.8. The standard InChI is InChI=1S/C12H16ClN3/c1-2-3-5-10-8-11(13)16-12(9-10)15-7-4-6-14/h8-9H,2-5,7H2,1H3,(H,15,16). The number of nitrogens with one attached hydrogen (secondary N) is 1. The number of hydrogen-bond acceptors (Lipinski definition) is 3. The summed E-state index contributed by atoms with van der Waals surface area (Å²) in [6.45, 7) is 2.77. The number of anilines is 1. The van der Waals surface area contributed by atoms with Gasteiger partial charge < -0.3 is 5.32 Å². The fraction of sp³-hybridized carbons (Fsp3) is 0.500. The second-order valence-electron chi connectivity index (χ2n) is 3.62. The van der Waals surface area contributed by atoms with Crippen molar-refractivity contribution in [2.75, 3.05) is 11.9 Å². The molecule has 16 heavy (non-hydrogen) atoms. The first-order chi connectivity index (χ1) is 7.76. The van der Waals surface area contributed by atoms with E-state index < -0.39 is 0 Å². The summed E-state index contributed by atoms with van der Waals surface area (Å²) in [4.78, 5) is 4.16. The van der Waals surface area contributed by atoms with Crippen molar-refractivity contribution in [2.24, 2.45) is 0 Å². The van der Waals surface area contributed by atoms with E-state index in [9.17, 15) is 0 Å². The Morgan fingerprint density at radius 1 is 1.50 bits per heavy atom. The lowest BCUT2D eigenvalue weighted by atomic mass is 10.1. The molecule has 86 valence electrons. The van der Waals surface area contributed by atoms with Gasteiger partial charge in [0.15, 0.2) is 0 Å². The minimum absolute atomic E-state index is 0.471. The van der Waals surface area contributed by atoms with Gasteiger partial charge in [-0.15, -0.1) is 0 Å². The summed E-state index contributed by atoms with van der Waals surface area (Å²) >= 11 is 5.93. The van der Waals surface area contributed by atoms with E-state index in [1.807, 2.05) is 12.1 Å². The lowest BCUT2D eigenvalue weighted by molar-refractivity contribution is 0.794. The van der Waals surface area contributed by atoms with Crippen molar-refractivity contribution < 1.29 is 0 Å². The quantitative estimate of drug-likeness (QED) is 0.609. The number of aryl methyl sites for hydroxylation is 1. The number of nitriles is 1. The van der Waals surface area contributed by atoms with E-state index in [1.165, 1.54) is 5.56 Å². The summed E-state index contributed by atoms with van der Waals surface area (Å²) in [6.07, 6.45) is 3.80. The Balaban J connectivity index is 2.62. The third kappa shape index (κ3) is 4.50. The maximum Gasteiger partial charge on any atom is 0.131 e. The molecule has 1 N–H and O–H groups in total. The van der Waals surface area contributed by atoms with Crippen LogP contribution in [0.4, 0.5) is 5.82 Å². The number of hydrogen-bond donors (Lipinski definition) is 1. The Morgan fingerprint density at radius 2 is 2.31 bits per heavy atom. The van der Waals surface area contributed by atoms with Gasteiger partial charge in [-0.05, 0) is 30.5 Å². The van der Waals surface area contributed by atoms with Crippen LogP contribution in [0.3, 0.4) is 0 Å². The summed E-state index contributed by atoms with van der Waals surface area (Å²) < 4.78 is 0.